The molecule has 0 aliphatic heterocycles. The molecule has 2 saturated carbocycles. The average molecular weight is 263 g/mol. The van der Waals surface area contributed by atoms with E-state index in [0.29, 0.717) is 12.6 Å². The fourth-order valence-corrected chi connectivity index (χ4v) is 3.21. The molecule has 104 valence electrons. The van der Waals surface area contributed by atoms with E-state index in [0.717, 1.165) is 24.5 Å². The average Bonchev–Trinajstić information content (AvgIpc) is 2.84. The molecule has 1 aromatic heterocycles. The zero-order valence-corrected chi connectivity index (χ0v) is 11.7. The van der Waals surface area contributed by atoms with E-state index in [1.165, 1.54) is 25.7 Å². The molecule has 2 fully saturated rings. The molecule has 19 heavy (non-hydrogen) atoms. The van der Waals surface area contributed by atoms with Gasteiger partial charge in [0.15, 0.2) is 5.82 Å². The van der Waals surface area contributed by atoms with Gasteiger partial charge < -0.3 is 9.30 Å². The first kappa shape index (κ1) is 12.6. The summed E-state index contributed by atoms with van der Waals surface area (Å²) in [6.07, 6.45) is 6.55. The van der Waals surface area contributed by atoms with Crippen molar-refractivity contribution in [3.05, 3.63) is 11.6 Å². The molecule has 0 saturated heterocycles. The molecule has 5 nitrogen and oxygen atoms in total. The van der Waals surface area contributed by atoms with E-state index in [9.17, 15) is 4.79 Å². The smallest absolute Gasteiger partial charge is 0.319 e. The van der Waals surface area contributed by atoms with Crippen LogP contribution in [0.4, 0.5) is 0 Å². The van der Waals surface area contributed by atoms with Gasteiger partial charge in [-0.25, -0.2) is 0 Å². The van der Waals surface area contributed by atoms with Crippen LogP contribution in [0.2, 0.25) is 0 Å². The Kier molecular flexibility index (Phi) is 3.07. The maximum atomic E-state index is 12.2. The summed E-state index contributed by atoms with van der Waals surface area (Å²) in [5.41, 5.74) is -0.500. The minimum Gasteiger partial charge on any atom is -0.465 e. The number of esters is 1. The maximum Gasteiger partial charge on any atom is 0.319 e. The van der Waals surface area contributed by atoms with Crippen molar-refractivity contribution >= 4 is 5.97 Å². The lowest BCUT2D eigenvalue weighted by molar-refractivity contribution is -0.146. The zero-order valence-electron chi connectivity index (χ0n) is 11.7. The van der Waals surface area contributed by atoms with Gasteiger partial charge in [0.1, 0.15) is 11.2 Å². The fraction of sp³-hybridized carbons (Fsp3) is 0.786. The van der Waals surface area contributed by atoms with Crippen LogP contribution in [0.25, 0.3) is 0 Å². The largest absolute Gasteiger partial charge is 0.465 e. The third-order valence-electron chi connectivity index (χ3n) is 4.40. The zero-order chi connectivity index (χ0) is 13.5. The van der Waals surface area contributed by atoms with Crippen LogP contribution in [-0.2, 0) is 14.9 Å². The van der Waals surface area contributed by atoms with Crippen LogP contribution in [-0.4, -0.2) is 27.3 Å². The number of aromatic nitrogens is 3. The second-order valence-corrected chi connectivity index (χ2v) is 5.68. The summed E-state index contributed by atoms with van der Waals surface area (Å²) in [6, 6.07) is 0.469. The van der Waals surface area contributed by atoms with E-state index in [4.69, 9.17) is 4.74 Å². The molecular weight excluding hydrogens is 242 g/mol. The third kappa shape index (κ3) is 1.95. The number of nitrogens with zero attached hydrogens (tertiary/aromatic N) is 3. The predicted molar refractivity (Wildman–Crippen MR) is 69.8 cm³/mol. The Bertz CT molecular complexity index is 485. The number of carbonyl (C=O) groups excluding carboxylic acids is 1. The molecule has 0 atom stereocenters. The molecule has 1 heterocycles. The van der Waals surface area contributed by atoms with Gasteiger partial charge in [-0.1, -0.05) is 12.8 Å². The van der Waals surface area contributed by atoms with Gasteiger partial charge in [0.25, 0.3) is 0 Å². The molecule has 1 aromatic rings. The minimum absolute atomic E-state index is 0.123. The summed E-state index contributed by atoms with van der Waals surface area (Å²) in [7, 11) is 0. The Morgan fingerprint density at radius 1 is 1.37 bits per heavy atom. The third-order valence-corrected chi connectivity index (χ3v) is 4.40. The fourth-order valence-electron chi connectivity index (χ4n) is 3.21. The first-order chi connectivity index (χ1) is 9.19. The van der Waals surface area contributed by atoms with Gasteiger partial charge in [0, 0.05) is 6.04 Å². The van der Waals surface area contributed by atoms with Crippen molar-refractivity contribution in [1.82, 2.24) is 14.8 Å². The summed E-state index contributed by atoms with van der Waals surface area (Å²) in [5.74, 6) is 1.65. The summed E-state index contributed by atoms with van der Waals surface area (Å²) in [6.45, 7) is 4.26. The lowest BCUT2D eigenvalue weighted by Crippen LogP contribution is -2.28. The Balaban J connectivity index is 1.95. The van der Waals surface area contributed by atoms with Crippen LogP contribution in [0.5, 0.6) is 0 Å². The Morgan fingerprint density at radius 3 is 2.63 bits per heavy atom. The van der Waals surface area contributed by atoms with Gasteiger partial charge in [0.2, 0.25) is 0 Å². The summed E-state index contributed by atoms with van der Waals surface area (Å²) in [5, 5.41) is 8.53. The summed E-state index contributed by atoms with van der Waals surface area (Å²) < 4.78 is 7.44. The van der Waals surface area contributed by atoms with E-state index >= 15 is 0 Å². The standard InChI is InChI=1S/C14H21N3O2/c1-3-19-13(18)14(8-9-14)12-16-15-10(2)17(12)11-6-4-5-7-11/h11H,3-9H2,1-2H3. The van der Waals surface area contributed by atoms with Crippen molar-refractivity contribution in [2.45, 2.75) is 63.8 Å². The van der Waals surface area contributed by atoms with Crippen molar-refractivity contribution in [3.63, 3.8) is 0 Å². The molecule has 3 rings (SSSR count). The van der Waals surface area contributed by atoms with E-state index in [2.05, 4.69) is 14.8 Å². The highest BCUT2D eigenvalue weighted by Crippen LogP contribution is 2.50. The van der Waals surface area contributed by atoms with Crippen molar-refractivity contribution < 1.29 is 9.53 Å². The Labute approximate surface area is 113 Å². The van der Waals surface area contributed by atoms with Gasteiger partial charge in [0.05, 0.1) is 6.61 Å². The molecule has 2 aliphatic carbocycles. The Hall–Kier alpha value is -1.39. The van der Waals surface area contributed by atoms with Gasteiger partial charge in [-0.15, -0.1) is 10.2 Å². The van der Waals surface area contributed by atoms with Crippen molar-refractivity contribution in [2.24, 2.45) is 0 Å². The van der Waals surface area contributed by atoms with Gasteiger partial charge >= 0.3 is 5.97 Å². The molecule has 0 aromatic carbocycles. The number of carbonyl (C=O) groups is 1. The van der Waals surface area contributed by atoms with Crippen molar-refractivity contribution in [2.75, 3.05) is 6.61 Å². The van der Waals surface area contributed by atoms with Gasteiger partial charge in [-0.05, 0) is 39.5 Å². The lowest BCUT2D eigenvalue weighted by atomic mass is 10.1. The van der Waals surface area contributed by atoms with Crippen LogP contribution in [0, 0.1) is 6.92 Å². The number of hydrogen-bond donors (Lipinski definition) is 0. The topological polar surface area (TPSA) is 57.0 Å². The normalized spacial score (nSPS) is 21.6. The summed E-state index contributed by atoms with van der Waals surface area (Å²) in [4.78, 5) is 12.2. The second-order valence-electron chi connectivity index (χ2n) is 5.68. The van der Waals surface area contributed by atoms with Crippen LogP contribution >= 0.6 is 0 Å². The first-order valence-corrected chi connectivity index (χ1v) is 7.28. The first-order valence-electron chi connectivity index (χ1n) is 7.28. The van der Waals surface area contributed by atoms with Crippen LogP contribution in [0.1, 0.15) is 63.1 Å². The monoisotopic (exact) mass is 263 g/mol. The molecule has 2 aliphatic rings. The van der Waals surface area contributed by atoms with Crippen LogP contribution in [0.3, 0.4) is 0 Å². The molecule has 0 radical (unpaired) electrons. The van der Waals surface area contributed by atoms with Crippen molar-refractivity contribution in [3.8, 4) is 0 Å². The molecular formula is C14H21N3O2. The predicted octanol–water partition coefficient (Wildman–Crippen LogP) is 2.30. The van der Waals surface area contributed by atoms with E-state index in [-0.39, 0.29) is 5.97 Å². The number of aryl methyl sites for hydroxylation is 1. The molecule has 0 N–H and O–H groups in total. The number of ether oxygens (including phenoxy) is 1. The van der Waals surface area contributed by atoms with Crippen molar-refractivity contribution in [1.29, 1.82) is 0 Å². The molecule has 0 spiro atoms. The lowest BCUT2D eigenvalue weighted by Gasteiger charge is -2.20. The number of rotatable bonds is 4. The molecule has 0 unspecified atom stereocenters. The van der Waals surface area contributed by atoms with Crippen LogP contribution in [0.15, 0.2) is 0 Å². The minimum atomic E-state index is -0.500. The molecule has 5 heteroatoms. The van der Waals surface area contributed by atoms with Crippen LogP contribution < -0.4 is 0 Å². The summed E-state index contributed by atoms with van der Waals surface area (Å²) >= 11 is 0. The highest BCUT2D eigenvalue weighted by atomic mass is 16.5. The molecule has 0 amide bonds. The Morgan fingerprint density at radius 2 is 2.05 bits per heavy atom. The van der Waals surface area contributed by atoms with E-state index in [1.807, 2.05) is 13.8 Å². The number of hydrogen-bond acceptors (Lipinski definition) is 4. The highest BCUT2D eigenvalue weighted by Gasteiger charge is 2.57. The van der Waals surface area contributed by atoms with E-state index in [1.54, 1.807) is 0 Å². The van der Waals surface area contributed by atoms with Gasteiger partial charge in [-0.3, -0.25) is 4.79 Å². The van der Waals surface area contributed by atoms with Gasteiger partial charge in [-0.2, -0.15) is 0 Å². The maximum absolute atomic E-state index is 12.2. The highest BCUT2D eigenvalue weighted by molar-refractivity contribution is 5.85. The molecule has 0 bridgehead atoms. The SMILES string of the molecule is CCOC(=O)C1(c2nnc(C)n2C2CCCC2)CC1. The quantitative estimate of drug-likeness (QED) is 0.782. The van der Waals surface area contributed by atoms with E-state index < -0.39 is 5.41 Å². The second kappa shape index (κ2) is 4.62.